The smallest absolute Gasteiger partial charge is 0.251 e. The first-order valence-electron chi connectivity index (χ1n) is 8.92. The van der Waals surface area contributed by atoms with E-state index in [1.807, 2.05) is 30.0 Å². The molecule has 1 heterocycles. The quantitative estimate of drug-likeness (QED) is 0.795. The number of carbonyl (C=O) groups is 1. The molecule has 1 amide bonds. The van der Waals surface area contributed by atoms with Crippen LogP contribution < -0.4 is 10.6 Å². The van der Waals surface area contributed by atoms with Gasteiger partial charge in [-0.15, -0.1) is 11.8 Å². The molecule has 0 aliphatic carbocycles. The summed E-state index contributed by atoms with van der Waals surface area (Å²) in [7, 11) is 0. The fraction of sp³-hybridized carbons (Fsp3) is 0.381. The van der Waals surface area contributed by atoms with E-state index in [9.17, 15) is 4.79 Å². The molecule has 0 spiro atoms. The minimum atomic E-state index is 0.0465. The molecule has 0 atom stereocenters. The van der Waals surface area contributed by atoms with Crippen molar-refractivity contribution < 1.29 is 4.79 Å². The van der Waals surface area contributed by atoms with Gasteiger partial charge in [-0.3, -0.25) is 4.79 Å². The second-order valence-electron chi connectivity index (χ2n) is 6.76. The zero-order chi connectivity index (χ0) is 17.6. The van der Waals surface area contributed by atoms with E-state index in [-0.39, 0.29) is 5.91 Å². The van der Waals surface area contributed by atoms with Crippen molar-refractivity contribution in [3.63, 3.8) is 0 Å². The van der Waals surface area contributed by atoms with Crippen molar-refractivity contribution in [3.05, 3.63) is 64.7 Å². The summed E-state index contributed by atoms with van der Waals surface area (Å²) >= 11 is 1.82. The van der Waals surface area contributed by atoms with Crippen LogP contribution in [0.2, 0.25) is 0 Å². The second kappa shape index (κ2) is 8.54. The van der Waals surface area contributed by atoms with E-state index in [1.54, 1.807) is 0 Å². The van der Waals surface area contributed by atoms with E-state index in [0.717, 1.165) is 37.2 Å². The van der Waals surface area contributed by atoms with Gasteiger partial charge in [0, 0.05) is 22.3 Å². The molecule has 0 radical (unpaired) electrons. The maximum absolute atomic E-state index is 12.5. The van der Waals surface area contributed by atoms with E-state index < -0.39 is 0 Å². The Morgan fingerprint density at radius 3 is 2.72 bits per heavy atom. The monoisotopic (exact) mass is 354 g/mol. The molecule has 1 fully saturated rings. The molecule has 2 aromatic rings. The van der Waals surface area contributed by atoms with Gasteiger partial charge < -0.3 is 10.6 Å². The number of amides is 1. The van der Waals surface area contributed by atoms with Gasteiger partial charge in [-0.25, -0.2) is 0 Å². The molecule has 3 nitrogen and oxygen atoms in total. The van der Waals surface area contributed by atoms with Crippen molar-refractivity contribution in [2.75, 3.05) is 13.1 Å². The highest BCUT2D eigenvalue weighted by Crippen LogP contribution is 2.27. The van der Waals surface area contributed by atoms with Gasteiger partial charge in [0.15, 0.2) is 0 Å². The molecular formula is C21H26N2OS. The zero-order valence-corrected chi connectivity index (χ0v) is 15.8. The number of aryl methyl sites for hydroxylation is 2. The molecule has 1 saturated heterocycles. The maximum atomic E-state index is 12.5. The van der Waals surface area contributed by atoms with Gasteiger partial charge in [-0.05, 0) is 69.1 Å². The Kier molecular flexibility index (Phi) is 6.16. The van der Waals surface area contributed by atoms with Crippen LogP contribution in [0.3, 0.4) is 0 Å². The van der Waals surface area contributed by atoms with Gasteiger partial charge in [0.25, 0.3) is 5.91 Å². The lowest BCUT2D eigenvalue weighted by Gasteiger charge is -2.23. The molecule has 0 bridgehead atoms. The van der Waals surface area contributed by atoms with Crippen molar-refractivity contribution in [2.24, 2.45) is 0 Å². The van der Waals surface area contributed by atoms with Crippen molar-refractivity contribution in [1.82, 2.24) is 10.6 Å². The molecule has 1 aliphatic heterocycles. The Labute approximate surface area is 154 Å². The first-order chi connectivity index (χ1) is 12.1. The Morgan fingerprint density at radius 2 is 1.96 bits per heavy atom. The van der Waals surface area contributed by atoms with E-state index >= 15 is 0 Å². The molecule has 1 aliphatic rings. The highest BCUT2D eigenvalue weighted by Gasteiger charge is 2.16. The van der Waals surface area contributed by atoms with Gasteiger partial charge in [0.2, 0.25) is 0 Å². The Bertz CT molecular complexity index is 738. The third-order valence-electron chi connectivity index (χ3n) is 4.59. The average molecular weight is 355 g/mol. The van der Waals surface area contributed by atoms with Crippen LogP contribution >= 0.6 is 11.8 Å². The highest BCUT2D eigenvalue weighted by molar-refractivity contribution is 7.98. The number of benzene rings is 2. The van der Waals surface area contributed by atoms with Gasteiger partial charge >= 0.3 is 0 Å². The van der Waals surface area contributed by atoms with Gasteiger partial charge in [-0.1, -0.05) is 29.8 Å². The molecule has 132 valence electrons. The molecule has 0 saturated carbocycles. The Balaban J connectivity index is 1.61. The number of hydrogen-bond donors (Lipinski definition) is 2. The van der Waals surface area contributed by atoms with Crippen LogP contribution in [0.25, 0.3) is 0 Å². The second-order valence-corrected chi connectivity index (χ2v) is 7.77. The largest absolute Gasteiger partial charge is 0.349 e. The predicted molar refractivity (Wildman–Crippen MR) is 105 cm³/mol. The van der Waals surface area contributed by atoms with Crippen LogP contribution in [0.5, 0.6) is 0 Å². The predicted octanol–water partition coefficient (Wildman–Crippen LogP) is 4.08. The van der Waals surface area contributed by atoms with Crippen molar-refractivity contribution in [2.45, 2.75) is 43.4 Å². The molecule has 0 aromatic heterocycles. The van der Waals surface area contributed by atoms with Gasteiger partial charge in [0.05, 0.1) is 0 Å². The molecule has 2 aromatic carbocycles. The topological polar surface area (TPSA) is 41.1 Å². The lowest BCUT2D eigenvalue weighted by molar-refractivity contribution is 0.0929. The maximum Gasteiger partial charge on any atom is 0.251 e. The van der Waals surface area contributed by atoms with Crippen molar-refractivity contribution in [1.29, 1.82) is 0 Å². The first kappa shape index (κ1) is 18.0. The van der Waals surface area contributed by atoms with Gasteiger partial charge in [0.1, 0.15) is 0 Å². The molecule has 0 unspecified atom stereocenters. The van der Waals surface area contributed by atoms with Crippen LogP contribution in [-0.2, 0) is 5.75 Å². The van der Waals surface area contributed by atoms with Crippen LogP contribution in [-0.4, -0.2) is 25.0 Å². The SMILES string of the molecule is Cc1ccc(SCc2cccc(C(=O)NC3CCNCC3)c2)c(C)c1. The van der Waals surface area contributed by atoms with E-state index in [2.05, 4.69) is 48.7 Å². The average Bonchev–Trinajstić information content (AvgIpc) is 2.62. The van der Waals surface area contributed by atoms with Crippen molar-refractivity contribution >= 4 is 17.7 Å². The number of piperidine rings is 1. The molecule has 2 N–H and O–H groups in total. The molecule has 4 heteroatoms. The summed E-state index contributed by atoms with van der Waals surface area (Å²) in [4.78, 5) is 13.8. The van der Waals surface area contributed by atoms with E-state index in [0.29, 0.717) is 6.04 Å². The van der Waals surface area contributed by atoms with Crippen LogP contribution in [0.15, 0.2) is 47.4 Å². The van der Waals surface area contributed by atoms with Gasteiger partial charge in [-0.2, -0.15) is 0 Å². The zero-order valence-electron chi connectivity index (χ0n) is 15.0. The summed E-state index contributed by atoms with van der Waals surface area (Å²) in [6.45, 7) is 6.24. The molecular weight excluding hydrogens is 328 g/mol. The standard InChI is InChI=1S/C21H26N2OS/c1-15-6-7-20(16(2)12-15)25-14-17-4-3-5-18(13-17)21(24)23-19-8-10-22-11-9-19/h3-7,12-13,19,22H,8-11,14H2,1-2H3,(H,23,24). The summed E-state index contributed by atoms with van der Waals surface area (Å²) in [5.41, 5.74) is 4.54. The summed E-state index contributed by atoms with van der Waals surface area (Å²) in [5.74, 6) is 0.920. The molecule has 25 heavy (non-hydrogen) atoms. The number of carbonyl (C=O) groups excluding carboxylic acids is 1. The first-order valence-corrected chi connectivity index (χ1v) is 9.91. The van der Waals surface area contributed by atoms with Crippen molar-refractivity contribution in [3.8, 4) is 0 Å². The third kappa shape index (κ3) is 5.10. The third-order valence-corrected chi connectivity index (χ3v) is 5.84. The van der Waals surface area contributed by atoms with E-state index in [1.165, 1.54) is 21.6 Å². The lowest BCUT2D eigenvalue weighted by Crippen LogP contribution is -2.42. The fourth-order valence-corrected chi connectivity index (χ4v) is 4.11. The lowest BCUT2D eigenvalue weighted by atomic mass is 10.1. The summed E-state index contributed by atoms with van der Waals surface area (Å²) in [6, 6.07) is 14.8. The minimum absolute atomic E-state index is 0.0465. The Morgan fingerprint density at radius 1 is 1.16 bits per heavy atom. The summed E-state index contributed by atoms with van der Waals surface area (Å²) < 4.78 is 0. The van der Waals surface area contributed by atoms with E-state index in [4.69, 9.17) is 0 Å². The van der Waals surface area contributed by atoms with Crippen LogP contribution in [0.4, 0.5) is 0 Å². The number of thioether (sulfide) groups is 1. The number of nitrogens with one attached hydrogen (secondary N) is 2. The van der Waals surface area contributed by atoms with Crippen LogP contribution in [0, 0.1) is 13.8 Å². The summed E-state index contributed by atoms with van der Waals surface area (Å²) in [5, 5.41) is 6.49. The fourth-order valence-electron chi connectivity index (χ4n) is 3.16. The highest BCUT2D eigenvalue weighted by atomic mass is 32.2. The summed E-state index contributed by atoms with van der Waals surface area (Å²) in [6.07, 6.45) is 2.02. The number of hydrogen-bond acceptors (Lipinski definition) is 3. The minimum Gasteiger partial charge on any atom is -0.349 e. The normalized spacial score (nSPS) is 15.1. The van der Waals surface area contributed by atoms with Crippen LogP contribution in [0.1, 0.15) is 39.9 Å². The molecule has 3 rings (SSSR count). The number of rotatable bonds is 5. The Hall–Kier alpha value is -1.78.